The maximum atomic E-state index is 8.25. The molecule has 0 fully saturated rings. The zero-order valence-electron chi connectivity index (χ0n) is 12.8. The standard InChI is InChI=1S/C19H17N.CH2O2/c20-19(16-10-4-1-5-11-16,17-12-6-2-7-13-17)18-14-8-3-9-15-18;2-1-3/h1-15H,20H2;1H,(H,2,3). The molecule has 0 aliphatic carbocycles. The van der Waals surface area contributed by atoms with Crippen molar-refractivity contribution in [3.63, 3.8) is 0 Å². The first-order valence-corrected chi connectivity index (χ1v) is 7.31. The number of quaternary nitrogens is 1. The first kappa shape index (κ1) is 16.5. The van der Waals surface area contributed by atoms with Gasteiger partial charge in [-0.2, -0.15) is 0 Å². The van der Waals surface area contributed by atoms with E-state index in [1.807, 2.05) is 18.2 Å². The van der Waals surface area contributed by atoms with E-state index in [4.69, 9.17) is 9.90 Å². The molecule has 3 rings (SSSR count). The Morgan fingerprint density at radius 2 is 0.870 bits per heavy atom. The van der Waals surface area contributed by atoms with Crippen LogP contribution in [0.15, 0.2) is 91.0 Å². The van der Waals surface area contributed by atoms with Gasteiger partial charge in [-0.05, 0) is 0 Å². The molecular weight excluding hydrogens is 286 g/mol. The van der Waals surface area contributed by atoms with E-state index in [2.05, 4.69) is 78.5 Å². The summed E-state index contributed by atoms with van der Waals surface area (Å²) in [7, 11) is 0. The Morgan fingerprint density at radius 3 is 1.09 bits per heavy atom. The number of hydrogen-bond acceptors (Lipinski definition) is 2. The molecule has 0 bridgehead atoms. The average Bonchev–Trinajstić information content (AvgIpc) is 2.64. The summed E-state index contributed by atoms with van der Waals surface area (Å²) in [4.78, 5) is 8.25. The molecular formula is C20H19NO2. The Kier molecular flexibility index (Phi) is 5.67. The van der Waals surface area contributed by atoms with E-state index in [0.717, 1.165) is 0 Å². The topological polar surface area (TPSA) is 67.8 Å². The van der Waals surface area contributed by atoms with Gasteiger partial charge in [0, 0.05) is 23.2 Å². The third-order valence-electron chi connectivity index (χ3n) is 3.80. The van der Waals surface area contributed by atoms with Crippen molar-refractivity contribution in [1.29, 1.82) is 0 Å². The fraction of sp³-hybridized carbons (Fsp3) is 0.0500. The summed E-state index contributed by atoms with van der Waals surface area (Å²) in [5.74, 6) is 0. The molecule has 0 radical (unpaired) electrons. The number of rotatable bonds is 3. The largest absolute Gasteiger partial charge is 0.554 e. The first-order valence-electron chi connectivity index (χ1n) is 7.31. The van der Waals surface area contributed by atoms with E-state index in [0.29, 0.717) is 0 Å². The van der Waals surface area contributed by atoms with E-state index in [1.54, 1.807) is 0 Å². The maximum Gasteiger partial charge on any atom is 0.172 e. The van der Waals surface area contributed by atoms with Gasteiger partial charge in [0.25, 0.3) is 0 Å². The van der Waals surface area contributed by atoms with Crippen LogP contribution in [0, 0.1) is 0 Å². The number of carbonyl (C=O) groups is 1. The Bertz CT molecular complexity index is 616. The van der Waals surface area contributed by atoms with Crippen molar-refractivity contribution in [2.75, 3.05) is 0 Å². The van der Waals surface area contributed by atoms with Gasteiger partial charge < -0.3 is 15.6 Å². The number of hydrogen-bond donors (Lipinski definition) is 1. The van der Waals surface area contributed by atoms with Crippen molar-refractivity contribution >= 4 is 6.47 Å². The zero-order valence-corrected chi connectivity index (χ0v) is 12.8. The van der Waals surface area contributed by atoms with Crippen LogP contribution in [0.3, 0.4) is 0 Å². The van der Waals surface area contributed by atoms with Crippen molar-refractivity contribution in [3.8, 4) is 0 Å². The van der Waals surface area contributed by atoms with Crippen LogP contribution in [0.1, 0.15) is 16.7 Å². The monoisotopic (exact) mass is 305 g/mol. The molecule has 0 spiro atoms. The van der Waals surface area contributed by atoms with E-state index in [-0.39, 0.29) is 5.54 Å². The molecule has 0 aliphatic heterocycles. The lowest BCUT2D eigenvalue weighted by Crippen LogP contribution is -2.71. The van der Waals surface area contributed by atoms with Crippen LogP contribution in [0.25, 0.3) is 0 Å². The van der Waals surface area contributed by atoms with Crippen LogP contribution in [-0.4, -0.2) is 6.47 Å². The second-order valence-electron chi connectivity index (χ2n) is 5.10. The molecule has 3 aromatic rings. The molecule has 116 valence electrons. The summed E-state index contributed by atoms with van der Waals surface area (Å²) in [6.07, 6.45) is 0. The van der Waals surface area contributed by atoms with Gasteiger partial charge in [0.15, 0.2) is 5.54 Å². The molecule has 0 amide bonds. The summed E-state index contributed by atoms with van der Waals surface area (Å²) in [6, 6.07) is 31.4. The number of benzene rings is 3. The lowest BCUT2D eigenvalue weighted by Gasteiger charge is -2.27. The highest BCUT2D eigenvalue weighted by Crippen LogP contribution is 2.31. The SMILES string of the molecule is O=C[O-].[NH3+]C(c1ccccc1)(c1ccccc1)c1ccccc1. The predicted octanol–water partition coefficient (Wildman–Crippen LogP) is 1.59. The van der Waals surface area contributed by atoms with Crippen LogP contribution in [-0.2, 0) is 10.3 Å². The van der Waals surface area contributed by atoms with E-state index < -0.39 is 6.47 Å². The van der Waals surface area contributed by atoms with Gasteiger partial charge in [0.2, 0.25) is 0 Å². The van der Waals surface area contributed by atoms with E-state index >= 15 is 0 Å². The van der Waals surface area contributed by atoms with Gasteiger partial charge in [0.1, 0.15) is 0 Å². The van der Waals surface area contributed by atoms with Gasteiger partial charge in [-0.25, -0.2) is 0 Å². The van der Waals surface area contributed by atoms with Crippen LogP contribution >= 0.6 is 0 Å². The van der Waals surface area contributed by atoms with Crippen LogP contribution < -0.4 is 10.8 Å². The third-order valence-corrected chi connectivity index (χ3v) is 3.80. The zero-order chi connectivity index (χ0) is 16.5. The Balaban J connectivity index is 0.000000595. The summed E-state index contributed by atoms with van der Waals surface area (Å²) in [5.41, 5.74) is 7.83. The number of carbonyl (C=O) groups excluding carboxylic acids is 1. The van der Waals surface area contributed by atoms with E-state index in [9.17, 15) is 0 Å². The van der Waals surface area contributed by atoms with Gasteiger partial charge >= 0.3 is 0 Å². The third kappa shape index (κ3) is 3.65. The van der Waals surface area contributed by atoms with Gasteiger partial charge in [-0.1, -0.05) is 91.0 Å². The van der Waals surface area contributed by atoms with Crippen molar-refractivity contribution < 1.29 is 15.6 Å². The highest BCUT2D eigenvalue weighted by atomic mass is 16.3. The predicted molar refractivity (Wildman–Crippen MR) is 88.2 cm³/mol. The normalized spacial score (nSPS) is 10.3. The molecule has 0 aliphatic rings. The molecule has 0 heterocycles. The van der Waals surface area contributed by atoms with Gasteiger partial charge in [-0.15, -0.1) is 0 Å². The molecule has 0 atom stereocenters. The van der Waals surface area contributed by atoms with Crippen molar-refractivity contribution in [2.24, 2.45) is 0 Å². The minimum Gasteiger partial charge on any atom is -0.554 e. The molecule has 3 nitrogen and oxygen atoms in total. The molecule has 3 aromatic carbocycles. The molecule has 0 saturated heterocycles. The molecule has 0 unspecified atom stereocenters. The lowest BCUT2D eigenvalue weighted by molar-refractivity contribution is -0.455. The second-order valence-corrected chi connectivity index (χ2v) is 5.10. The fourth-order valence-electron chi connectivity index (χ4n) is 2.67. The van der Waals surface area contributed by atoms with Crippen LogP contribution in [0.2, 0.25) is 0 Å². The van der Waals surface area contributed by atoms with Gasteiger partial charge in [-0.3, -0.25) is 0 Å². The van der Waals surface area contributed by atoms with Crippen LogP contribution in [0.5, 0.6) is 0 Å². The Labute approximate surface area is 136 Å². The molecule has 0 aromatic heterocycles. The molecule has 23 heavy (non-hydrogen) atoms. The molecule has 0 saturated carbocycles. The van der Waals surface area contributed by atoms with Crippen molar-refractivity contribution in [1.82, 2.24) is 0 Å². The average molecular weight is 305 g/mol. The smallest absolute Gasteiger partial charge is 0.172 e. The van der Waals surface area contributed by atoms with E-state index in [1.165, 1.54) is 16.7 Å². The highest BCUT2D eigenvalue weighted by molar-refractivity contribution is 5.45. The minimum absolute atomic E-state index is 0.371. The summed E-state index contributed by atoms with van der Waals surface area (Å²) in [5, 5.41) is 8.25. The minimum atomic E-state index is -0.500. The second kappa shape index (κ2) is 7.92. The Hall–Kier alpha value is -2.91. The fourth-order valence-corrected chi connectivity index (χ4v) is 2.67. The summed E-state index contributed by atoms with van der Waals surface area (Å²) >= 11 is 0. The molecule has 3 N–H and O–H groups in total. The Morgan fingerprint density at radius 1 is 0.652 bits per heavy atom. The summed E-state index contributed by atoms with van der Waals surface area (Å²) in [6.45, 7) is -0.500. The van der Waals surface area contributed by atoms with Crippen molar-refractivity contribution in [2.45, 2.75) is 5.54 Å². The quantitative estimate of drug-likeness (QED) is 0.590. The first-order chi connectivity index (χ1) is 11.2. The van der Waals surface area contributed by atoms with Crippen molar-refractivity contribution in [3.05, 3.63) is 108 Å². The lowest BCUT2D eigenvalue weighted by atomic mass is 9.78. The van der Waals surface area contributed by atoms with Crippen LogP contribution in [0.4, 0.5) is 0 Å². The highest BCUT2D eigenvalue weighted by Gasteiger charge is 2.35. The number of carboxylic acid groups (broad SMARTS) is 1. The molecule has 3 heteroatoms. The summed E-state index contributed by atoms with van der Waals surface area (Å²) < 4.78 is 0. The van der Waals surface area contributed by atoms with Gasteiger partial charge in [0.05, 0.1) is 0 Å². The maximum absolute atomic E-state index is 8.25.